The van der Waals surface area contributed by atoms with Gasteiger partial charge in [-0.15, -0.1) is 0 Å². The fraction of sp³-hybridized carbons (Fsp3) is 0.908. The van der Waals surface area contributed by atoms with Gasteiger partial charge in [0.1, 0.15) is 13.2 Å². The number of phosphoric ester groups is 1. The van der Waals surface area contributed by atoms with Crippen LogP contribution in [0.1, 0.15) is 393 Å². The lowest BCUT2D eigenvalue weighted by Gasteiger charge is -2.30. The zero-order chi connectivity index (χ0) is 61.9. The third kappa shape index (κ3) is 70.0. The molecule has 0 aromatic carbocycles. The van der Waals surface area contributed by atoms with Crippen molar-refractivity contribution < 1.29 is 32.9 Å². The van der Waals surface area contributed by atoms with E-state index in [-0.39, 0.29) is 19.1 Å². The summed E-state index contributed by atoms with van der Waals surface area (Å²) in [5.41, 5.74) is 0. The van der Waals surface area contributed by atoms with Gasteiger partial charge in [0.15, 0.2) is 0 Å². The third-order valence-corrected chi connectivity index (χ3v) is 18.6. The van der Waals surface area contributed by atoms with Crippen molar-refractivity contribution in [2.45, 2.75) is 405 Å². The Kier molecular flexibility index (Phi) is 66.1. The second-order valence-corrected chi connectivity index (χ2v) is 28.8. The van der Waals surface area contributed by atoms with Crippen LogP contribution in [0.15, 0.2) is 36.5 Å². The van der Waals surface area contributed by atoms with Crippen molar-refractivity contribution in [3.8, 4) is 0 Å². The Bertz CT molecular complexity index is 1480. The molecule has 0 spiro atoms. The molecule has 85 heavy (non-hydrogen) atoms. The van der Waals surface area contributed by atoms with Crippen molar-refractivity contribution in [2.24, 2.45) is 0 Å². The van der Waals surface area contributed by atoms with Crippen LogP contribution in [0.5, 0.6) is 0 Å². The molecule has 9 heteroatoms. The van der Waals surface area contributed by atoms with E-state index in [2.05, 4.69) is 55.6 Å². The smallest absolute Gasteiger partial charge is 0.268 e. The third-order valence-electron chi connectivity index (χ3n) is 17.6. The molecule has 0 aliphatic carbocycles. The summed E-state index contributed by atoms with van der Waals surface area (Å²) >= 11 is 0. The molecule has 0 aliphatic rings. The number of hydrogen-bond acceptors (Lipinski definition) is 6. The Hall–Kier alpha value is -1.28. The maximum Gasteiger partial charge on any atom is 0.268 e. The Morgan fingerprint density at radius 3 is 0.988 bits per heavy atom. The standard InChI is InChI=1S/C76H149N2O6P/c1-6-8-10-12-14-16-18-20-22-24-26-28-30-32-33-34-35-36-37-38-39-40-41-42-43-44-45-46-48-50-52-54-56-58-60-62-64-66-68-70-76(80)77-74(73-84-85(81,82)83-72-71-78(3,4)5)75(79)69-67-65-63-61-59-57-55-53-51-49-47-31-29-27-25-23-21-19-17-15-13-11-9-7-2/h18,20,24,26,30,32,74-75,79H,6-17,19,21-23,25,27-29,31,33-73H2,1-5H3,(H-,77,80,81,82)/b20-18-,26-24-,32-30-. The predicted molar refractivity (Wildman–Crippen MR) is 372 cm³/mol. The van der Waals surface area contributed by atoms with Crippen LogP contribution in [0, 0.1) is 0 Å². The Balaban J connectivity index is 3.91. The van der Waals surface area contributed by atoms with E-state index in [1.54, 1.807) is 0 Å². The van der Waals surface area contributed by atoms with E-state index in [9.17, 15) is 19.4 Å². The topological polar surface area (TPSA) is 108 Å². The number of nitrogens with zero attached hydrogens (tertiary/aromatic N) is 1. The summed E-state index contributed by atoms with van der Waals surface area (Å²) in [5.74, 6) is -0.155. The molecule has 0 bridgehead atoms. The molecule has 0 aromatic heterocycles. The van der Waals surface area contributed by atoms with E-state index in [1.807, 2.05) is 21.1 Å². The van der Waals surface area contributed by atoms with E-state index in [0.717, 1.165) is 51.4 Å². The number of unbranched alkanes of at least 4 members (excludes halogenated alkanes) is 52. The Morgan fingerprint density at radius 2 is 0.682 bits per heavy atom. The van der Waals surface area contributed by atoms with Gasteiger partial charge in [0, 0.05) is 6.42 Å². The molecule has 0 saturated heterocycles. The van der Waals surface area contributed by atoms with Crippen LogP contribution in [0.25, 0.3) is 0 Å². The molecule has 2 N–H and O–H groups in total. The molecule has 1 amide bonds. The van der Waals surface area contributed by atoms with Gasteiger partial charge in [0.05, 0.1) is 39.9 Å². The number of hydrogen-bond donors (Lipinski definition) is 2. The monoisotopic (exact) mass is 1220 g/mol. The van der Waals surface area contributed by atoms with Crippen molar-refractivity contribution in [3.05, 3.63) is 36.5 Å². The zero-order valence-electron chi connectivity index (χ0n) is 57.8. The molecule has 0 rings (SSSR count). The first-order chi connectivity index (χ1) is 41.5. The number of phosphoric acid groups is 1. The summed E-state index contributed by atoms with van der Waals surface area (Å²) in [4.78, 5) is 25.7. The van der Waals surface area contributed by atoms with Gasteiger partial charge in [-0.2, -0.15) is 0 Å². The number of rotatable bonds is 71. The van der Waals surface area contributed by atoms with Gasteiger partial charge in [0.25, 0.3) is 7.82 Å². The minimum atomic E-state index is -4.58. The molecule has 0 aromatic rings. The second kappa shape index (κ2) is 67.1. The molecule has 504 valence electrons. The van der Waals surface area contributed by atoms with Crippen LogP contribution >= 0.6 is 7.82 Å². The van der Waals surface area contributed by atoms with Gasteiger partial charge in [-0.3, -0.25) is 9.36 Å². The van der Waals surface area contributed by atoms with Crippen LogP contribution in [0.2, 0.25) is 0 Å². The largest absolute Gasteiger partial charge is 0.756 e. The molecule has 0 heterocycles. The lowest BCUT2D eigenvalue weighted by molar-refractivity contribution is -0.870. The van der Waals surface area contributed by atoms with Crippen molar-refractivity contribution in [1.29, 1.82) is 0 Å². The number of aliphatic hydroxyl groups excluding tert-OH is 1. The predicted octanol–water partition coefficient (Wildman–Crippen LogP) is 23.8. The highest BCUT2D eigenvalue weighted by molar-refractivity contribution is 7.45. The van der Waals surface area contributed by atoms with E-state index in [4.69, 9.17) is 9.05 Å². The molecule has 8 nitrogen and oxygen atoms in total. The van der Waals surface area contributed by atoms with E-state index < -0.39 is 20.0 Å². The van der Waals surface area contributed by atoms with Crippen LogP contribution in [-0.4, -0.2) is 68.5 Å². The average Bonchev–Trinajstić information content (AvgIpc) is 3.49. The van der Waals surface area contributed by atoms with Gasteiger partial charge < -0.3 is 28.8 Å². The van der Waals surface area contributed by atoms with Crippen LogP contribution < -0.4 is 10.2 Å². The highest BCUT2D eigenvalue weighted by Crippen LogP contribution is 2.38. The summed E-state index contributed by atoms with van der Waals surface area (Å²) in [6.07, 6.45) is 89.6. The fourth-order valence-electron chi connectivity index (χ4n) is 11.8. The molecular weight excluding hydrogens is 1070 g/mol. The number of likely N-dealkylation sites (N-methyl/N-ethyl adjacent to an activating group) is 1. The highest BCUT2D eigenvalue weighted by Gasteiger charge is 2.24. The van der Waals surface area contributed by atoms with Gasteiger partial charge in [0.2, 0.25) is 5.91 Å². The molecule has 3 atom stereocenters. The second-order valence-electron chi connectivity index (χ2n) is 27.4. The normalized spacial score (nSPS) is 13.7. The summed E-state index contributed by atoms with van der Waals surface area (Å²) in [7, 11) is 1.33. The van der Waals surface area contributed by atoms with Gasteiger partial charge in [-0.05, 0) is 51.4 Å². The lowest BCUT2D eigenvalue weighted by Crippen LogP contribution is -2.46. The van der Waals surface area contributed by atoms with Gasteiger partial charge in [-0.25, -0.2) is 0 Å². The fourth-order valence-corrected chi connectivity index (χ4v) is 12.5. The Morgan fingerprint density at radius 1 is 0.412 bits per heavy atom. The molecule has 0 radical (unpaired) electrons. The number of carbonyl (C=O) groups is 1. The number of quaternary nitrogens is 1. The zero-order valence-corrected chi connectivity index (χ0v) is 58.7. The maximum absolute atomic E-state index is 13.1. The van der Waals surface area contributed by atoms with Crippen LogP contribution in [0.4, 0.5) is 0 Å². The maximum atomic E-state index is 13.1. The molecule has 0 fully saturated rings. The van der Waals surface area contributed by atoms with E-state index in [1.165, 1.54) is 315 Å². The SMILES string of the molecule is CCCCCCC/C=C\C/C=C\C/C=C\CCCCCCCCCCCCCCCCCCCCCCCCCCC(=O)NC(COP(=O)([O-])OCC[N+](C)(C)C)C(O)CCCCCCCCCCCCCCCCCCCCCCCCCC. The van der Waals surface area contributed by atoms with Crippen molar-refractivity contribution in [3.63, 3.8) is 0 Å². The average molecular weight is 1220 g/mol. The number of carbonyl (C=O) groups excluding carboxylic acids is 1. The van der Waals surface area contributed by atoms with Gasteiger partial charge in [-0.1, -0.05) is 371 Å². The summed E-state index contributed by atoms with van der Waals surface area (Å²) < 4.78 is 23.6. The number of amides is 1. The first-order valence-corrected chi connectivity index (χ1v) is 39.3. The number of aliphatic hydroxyl groups is 1. The van der Waals surface area contributed by atoms with Gasteiger partial charge >= 0.3 is 0 Å². The molecule has 0 saturated carbocycles. The number of nitrogens with one attached hydrogen (secondary N) is 1. The van der Waals surface area contributed by atoms with Crippen LogP contribution in [0.3, 0.4) is 0 Å². The lowest BCUT2D eigenvalue weighted by atomic mass is 10.0. The van der Waals surface area contributed by atoms with Crippen molar-refractivity contribution >= 4 is 13.7 Å². The quantitative estimate of drug-likeness (QED) is 0.0272. The van der Waals surface area contributed by atoms with Crippen LogP contribution in [-0.2, 0) is 18.4 Å². The highest BCUT2D eigenvalue weighted by atomic mass is 31.2. The molecule has 3 unspecified atom stereocenters. The summed E-state index contributed by atoms with van der Waals surface area (Å²) in [6.45, 7) is 4.77. The summed E-state index contributed by atoms with van der Waals surface area (Å²) in [5, 5.41) is 14.1. The van der Waals surface area contributed by atoms with Crippen molar-refractivity contribution in [2.75, 3.05) is 40.9 Å². The van der Waals surface area contributed by atoms with E-state index in [0.29, 0.717) is 23.9 Å². The molecule has 0 aliphatic heterocycles. The number of allylic oxidation sites excluding steroid dienone is 6. The van der Waals surface area contributed by atoms with Crippen molar-refractivity contribution in [1.82, 2.24) is 5.32 Å². The minimum absolute atomic E-state index is 0.0150. The van der Waals surface area contributed by atoms with E-state index >= 15 is 0 Å². The minimum Gasteiger partial charge on any atom is -0.756 e. The first-order valence-electron chi connectivity index (χ1n) is 37.8. The Labute approximate surface area is 531 Å². The molecular formula is C76H149N2O6P. The summed E-state index contributed by atoms with van der Waals surface area (Å²) in [6, 6.07) is -0.800. The first kappa shape index (κ1) is 83.7.